The largest absolute Gasteiger partial charge is 0.548 e. The maximum absolute atomic E-state index is 12.6. The molecule has 1 aromatic carbocycles. The summed E-state index contributed by atoms with van der Waals surface area (Å²) in [6, 6.07) is 9.20. The molecule has 2 heterocycles. The molecule has 0 fully saturated rings. The van der Waals surface area contributed by atoms with Gasteiger partial charge in [0.1, 0.15) is 4.21 Å². The number of sulfonamides is 1. The highest BCUT2D eigenvalue weighted by Gasteiger charge is 2.36. The average Bonchev–Trinajstić information content (AvgIpc) is 3.00. The number of carbonyl (C=O) groups excluding carboxylic acids is 1. The molecule has 110 valence electrons. The first-order valence-corrected chi connectivity index (χ1v) is 8.65. The molecule has 3 rings (SSSR count). The standard InChI is InChI=1S/C14H13NO4S2/c16-14(17)12-8-10-4-1-2-5-11(10)9-15(12)21(18,19)13-6-3-7-20-13/h1-7,12H,8-9H2,(H,16,17)/p-1. The number of carboxylic acid groups (broad SMARTS) is 1. The maximum Gasteiger partial charge on any atom is 0.253 e. The van der Waals surface area contributed by atoms with Crippen molar-refractivity contribution in [3.63, 3.8) is 0 Å². The number of hydrogen-bond acceptors (Lipinski definition) is 5. The number of aliphatic carboxylic acids is 1. The SMILES string of the molecule is O=C([O-])C1Cc2ccccc2CN1S(=O)(=O)c1cccs1. The van der Waals surface area contributed by atoms with E-state index in [4.69, 9.17) is 0 Å². The molecule has 0 aliphatic carbocycles. The minimum atomic E-state index is -3.82. The van der Waals surface area contributed by atoms with E-state index in [1.807, 2.05) is 24.3 Å². The van der Waals surface area contributed by atoms with Crippen LogP contribution in [0, 0.1) is 0 Å². The molecule has 0 saturated carbocycles. The van der Waals surface area contributed by atoms with Gasteiger partial charge in [-0.1, -0.05) is 30.3 Å². The summed E-state index contributed by atoms with van der Waals surface area (Å²) in [5.74, 6) is -1.37. The van der Waals surface area contributed by atoms with Crippen LogP contribution in [-0.2, 0) is 27.8 Å². The van der Waals surface area contributed by atoms with Crippen LogP contribution in [0.2, 0.25) is 0 Å². The Morgan fingerprint density at radius 2 is 1.90 bits per heavy atom. The van der Waals surface area contributed by atoms with Crippen molar-refractivity contribution in [3.8, 4) is 0 Å². The number of carboxylic acids is 1. The van der Waals surface area contributed by atoms with Gasteiger partial charge in [0.15, 0.2) is 0 Å². The summed E-state index contributed by atoms with van der Waals surface area (Å²) in [7, 11) is -3.82. The molecule has 1 aromatic heterocycles. The van der Waals surface area contributed by atoms with Gasteiger partial charge in [-0.05, 0) is 29.0 Å². The molecule has 0 bridgehead atoms. The normalized spacial score (nSPS) is 19.1. The summed E-state index contributed by atoms with van der Waals surface area (Å²) < 4.78 is 26.4. The first kappa shape index (κ1) is 14.2. The Balaban J connectivity index is 2.06. The Morgan fingerprint density at radius 1 is 1.19 bits per heavy atom. The van der Waals surface area contributed by atoms with E-state index in [0.29, 0.717) is 0 Å². The van der Waals surface area contributed by atoms with Crippen molar-refractivity contribution in [1.29, 1.82) is 0 Å². The van der Waals surface area contributed by atoms with E-state index in [-0.39, 0.29) is 17.2 Å². The van der Waals surface area contributed by atoms with E-state index in [0.717, 1.165) is 26.8 Å². The summed E-state index contributed by atoms with van der Waals surface area (Å²) in [5, 5.41) is 13.0. The van der Waals surface area contributed by atoms with Gasteiger partial charge in [-0.2, -0.15) is 4.31 Å². The summed E-state index contributed by atoms with van der Waals surface area (Å²) >= 11 is 1.08. The first-order valence-electron chi connectivity index (χ1n) is 6.33. The number of rotatable bonds is 3. The van der Waals surface area contributed by atoms with Gasteiger partial charge in [0.2, 0.25) is 0 Å². The second-order valence-corrected chi connectivity index (χ2v) is 7.86. The number of hydrogen-bond donors (Lipinski definition) is 0. The lowest BCUT2D eigenvalue weighted by Crippen LogP contribution is -2.53. The van der Waals surface area contributed by atoms with Crippen LogP contribution in [0.15, 0.2) is 46.0 Å². The molecule has 2 aromatic rings. The van der Waals surface area contributed by atoms with Crippen molar-refractivity contribution in [2.24, 2.45) is 0 Å². The lowest BCUT2D eigenvalue weighted by molar-refractivity contribution is -0.310. The highest BCUT2D eigenvalue weighted by molar-refractivity contribution is 7.91. The summed E-state index contributed by atoms with van der Waals surface area (Å²) in [5.41, 5.74) is 1.68. The van der Waals surface area contributed by atoms with E-state index in [2.05, 4.69) is 0 Å². The summed E-state index contributed by atoms with van der Waals surface area (Å²) in [6.45, 7) is 0.0506. The van der Waals surface area contributed by atoms with Crippen LogP contribution in [-0.4, -0.2) is 24.7 Å². The summed E-state index contributed by atoms with van der Waals surface area (Å²) in [6.07, 6.45) is 0.128. The van der Waals surface area contributed by atoms with Gasteiger partial charge in [0, 0.05) is 6.54 Å². The predicted octanol–water partition coefficient (Wildman–Crippen LogP) is 0.614. The zero-order valence-corrected chi connectivity index (χ0v) is 12.6. The Bertz CT molecular complexity index is 768. The van der Waals surface area contributed by atoms with Crippen molar-refractivity contribution in [2.45, 2.75) is 23.2 Å². The predicted molar refractivity (Wildman–Crippen MR) is 76.0 cm³/mol. The number of thiophene rings is 1. The van der Waals surface area contributed by atoms with Crippen LogP contribution in [0.25, 0.3) is 0 Å². The lowest BCUT2D eigenvalue weighted by Gasteiger charge is -2.36. The summed E-state index contributed by atoms with van der Waals surface area (Å²) in [4.78, 5) is 11.4. The fourth-order valence-corrected chi connectivity index (χ4v) is 5.15. The van der Waals surface area contributed by atoms with Crippen LogP contribution in [0.3, 0.4) is 0 Å². The molecule has 0 amide bonds. The van der Waals surface area contributed by atoms with E-state index < -0.39 is 22.0 Å². The van der Waals surface area contributed by atoms with Gasteiger partial charge < -0.3 is 9.90 Å². The zero-order chi connectivity index (χ0) is 15.0. The molecule has 0 N–H and O–H groups in total. The second-order valence-electron chi connectivity index (χ2n) is 4.79. The third-order valence-corrected chi connectivity index (χ3v) is 6.76. The van der Waals surface area contributed by atoms with Crippen molar-refractivity contribution >= 4 is 27.3 Å². The topological polar surface area (TPSA) is 77.5 Å². The first-order chi connectivity index (χ1) is 10.00. The quantitative estimate of drug-likeness (QED) is 0.830. The van der Waals surface area contributed by atoms with Gasteiger partial charge in [-0.25, -0.2) is 8.42 Å². The highest BCUT2D eigenvalue weighted by atomic mass is 32.2. The molecule has 5 nitrogen and oxygen atoms in total. The van der Waals surface area contributed by atoms with E-state index in [1.165, 1.54) is 6.07 Å². The van der Waals surface area contributed by atoms with E-state index in [9.17, 15) is 18.3 Å². The van der Waals surface area contributed by atoms with Crippen LogP contribution < -0.4 is 5.11 Å². The Labute approximate surface area is 126 Å². The lowest BCUT2D eigenvalue weighted by atomic mass is 9.96. The highest BCUT2D eigenvalue weighted by Crippen LogP contribution is 2.30. The van der Waals surface area contributed by atoms with Crippen LogP contribution in [0.4, 0.5) is 0 Å². The van der Waals surface area contributed by atoms with Gasteiger partial charge in [0.05, 0.1) is 12.0 Å². The fraction of sp³-hybridized carbons (Fsp3) is 0.214. The van der Waals surface area contributed by atoms with Crippen LogP contribution in [0.5, 0.6) is 0 Å². The van der Waals surface area contributed by atoms with Gasteiger partial charge in [0.25, 0.3) is 10.0 Å². The molecule has 1 unspecified atom stereocenters. The van der Waals surface area contributed by atoms with Crippen LogP contribution >= 0.6 is 11.3 Å². The molecule has 1 aliphatic heterocycles. The van der Waals surface area contributed by atoms with Crippen molar-refractivity contribution in [3.05, 3.63) is 52.9 Å². The smallest absolute Gasteiger partial charge is 0.253 e. The minimum absolute atomic E-state index is 0.0506. The molecule has 1 aliphatic rings. The third kappa shape index (κ3) is 2.48. The monoisotopic (exact) mass is 322 g/mol. The molecule has 0 spiro atoms. The Hall–Kier alpha value is -1.70. The number of nitrogens with zero attached hydrogens (tertiary/aromatic N) is 1. The molecule has 0 radical (unpaired) electrons. The van der Waals surface area contributed by atoms with Gasteiger partial charge in [-0.15, -0.1) is 11.3 Å². The fourth-order valence-electron chi connectivity index (χ4n) is 2.48. The van der Waals surface area contributed by atoms with Crippen molar-refractivity contribution in [1.82, 2.24) is 4.31 Å². The van der Waals surface area contributed by atoms with Crippen LogP contribution in [0.1, 0.15) is 11.1 Å². The molecule has 7 heteroatoms. The molecular weight excluding hydrogens is 310 g/mol. The number of benzene rings is 1. The van der Waals surface area contributed by atoms with E-state index >= 15 is 0 Å². The van der Waals surface area contributed by atoms with E-state index in [1.54, 1.807) is 11.4 Å². The maximum atomic E-state index is 12.6. The minimum Gasteiger partial charge on any atom is -0.548 e. The Kier molecular flexibility index (Phi) is 3.56. The molecular formula is C14H12NO4S2-. The number of carbonyl (C=O) groups is 1. The van der Waals surface area contributed by atoms with Gasteiger partial charge in [-0.3, -0.25) is 0 Å². The zero-order valence-electron chi connectivity index (χ0n) is 10.9. The Morgan fingerprint density at radius 3 is 2.52 bits per heavy atom. The third-order valence-electron chi connectivity index (χ3n) is 3.54. The van der Waals surface area contributed by atoms with Gasteiger partial charge >= 0.3 is 0 Å². The second kappa shape index (κ2) is 5.25. The molecule has 21 heavy (non-hydrogen) atoms. The van der Waals surface area contributed by atoms with Crippen molar-refractivity contribution < 1.29 is 18.3 Å². The molecule has 1 atom stereocenters. The molecule has 0 saturated heterocycles. The van der Waals surface area contributed by atoms with Crippen molar-refractivity contribution in [2.75, 3.05) is 0 Å². The average molecular weight is 322 g/mol. The number of fused-ring (bicyclic) bond motifs is 1.